The van der Waals surface area contributed by atoms with Crippen molar-refractivity contribution in [2.45, 2.75) is 38.8 Å². The molecule has 0 aliphatic rings. The molecule has 1 rings (SSSR count). The van der Waals surface area contributed by atoms with Crippen molar-refractivity contribution in [2.75, 3.05) is 13.2 Å². The van der Waals surface area contributed by atoms with E-state index in [0.717, 1.165) is 12.4 Å². The first-order valence-electron chi connectivity index (χ1n) is 5.61. The zero-order valence-corrected chi connectivity index (χ0v) is 9.85. The number of hydrogen-bond donors (Lipinski definition) is 1. The van der Waals surface area contributed by atoms with Gasteiger partial charge in [-0.3, -0.25) is 4.68 Å². The molecule has 7 heteroatoms. The predicted octanol–water partition coefficient (Wildman–Crippen LogP) is 0.840. The number of nitrogens with two attached hydrogens (primary N) is 1. The van der Waals surface area contributed by atoms with Crippen LogP contribution in [0.25, 0.3) is 0 Å². The lowest BCUT2D eigenvalue weighted by molar-refractivity contribution is 0.0152. The monoisotopic (exact) mass is 248 g/mol. The fourth-order valence-corrected chi connectivity index (χ4v) is 1.45. The summed E-state index contributed by atoms with van der Waals surface area (Å²) in [4.78, 5) is 4.09. The summed E-state index contributed by atoms with van der Waals surface area (Å²) in [6.45, 7) is 2.42. The van der Waals surface area contributed by atoms with Gasteiger partial charge in [-0.2, -0.15) is 5.10 Å². The maximum absolute atomic E-state index is 11.8. The zero-order chi connectivity index (χ0) is 12.7. The number of rotatable bonds is 8. The van der Waals surface area contributed by atoms with E-state index in [9.17, 15) is 8.78 Å². The molecule has 0 amide bonds. The van der Waals surface area contributed by atoms with E-state index in [0.29, 0.717) is 12.8 Å². The highest BCUT2D eigenvalue weighted by Crippen LogP contribution is 2.02. The van der Waals surface area contributed by atoms with Crippen LogP contribution >= 0.6 is 0 Å². The van der Waals surface area contributed by atoms with E-state index < -0.39 is 13.0 Å². The maximum atomic E-state index is 11.8. The third-order valence-electron chi connectivity index (χ3n) is 2.32. The highest BCUT2D eigenvalue weighted by molar-refractivity contribution is 4.88. The number of aromatic nitrogens is 3. The summed E-state index contributed by atoms with van der Waals surface area (Å²) in [6.07, 6.45) is 0.169. The minimum absolute atomic E-state index is 0.151. The molecule has 1 aromatic rings. The van der Waals surface area contributed by atoms with Crippen molar-refractivity contribution in [3.8, 4) is 0 Å². The second kappa shape index (κ2) is 7.29. The van der Waals surface area contributed by atoms with Crippen molar-refractivity contribution < 1.29 is 13.5 Å². The molecule has 1 heterocycles. The van der Waals surface area contributed by atoms with Crippen LogP contribution in [-0.2, 0) is 17.7 Å². The topological polar surface area (TPSA) is 66.0 Å². The van der Waals surface area contributed by atoms with Crippen molar-refractivity contribution in [1.29, 1.82) is 0 Å². The van der Waals surface area contributed by atoms with E-state index in [1.165, 1.54) is 6.33 Å². The molecule has 17 heavy (non-hydrogen) atoms. The molecule has 0 spiro atoms. The Bertz CT molecular complexity index is 319. The molecular formula is C10H18F2N4O. The van der Waals surface area contributed by atoms with Crippen LogP contribution in [0.5, 0.6) is 0 Å². The number of aryl methyl sites for hydroxylation is 1. The molecule has 1 atom stereocenters. The van der Waals surface area contributed by atoms with Crippen molar-refractivity contribution in [1.82, 2.24) is 14.8 Å². The van der Waals surface area contributed by atoms with Gasteiger partial charge in [0.15, 0.2) is 0 Å². The lowest BCUT2D eigenvalue weighted by Crippen LogP contribution is -2.27. The van der Waals surface area contributed by atoms with E-state index in [1.807, 2.05) is 6.92 Å². The highest BCUT2D eigenvalue weighted by atomic mass is 19.3. The first kappa shape index (κ1) is 14.0. The molecule has 0 saturated carbocycles. The standard InChI is InChI=1S/C10H18F2N4O/c1-2-16-10(14-7-15-16)5-8(13)3-4-17-6-9(11)12/h7-9H,2-6,13H2,1H3. The van der Waals surface area contributed by atoms with E-state index >= 15 is 0 Å². The molecule has 2 N–H and O–H groups in total. The summed E-state index contributed by atoms with van der Waals surface area (Å²) >= 11 is 0. The van der Waals surface area contributed by atoms with Crippen molar-refractivity contribution in [3.05, 3.63) is 12.2 Å². The Balaban J connectivity index is 2.23. The van der Waals surface area contributed by atoms with Gasteiger partial charge in [0.25, 0.3) is 6.43 Å². The molecule has 1 unspecified atom stereocenters. The Hall–Kier alpha value is -1.08. The molecule has 0 radical (unpaired) electrons. The van der Waals surface area contributed by atoms with Gasteiger partial charge in [-0.1, -0.05) is 0 Å². The molecular weight excluding hydrogens is 230 g/mol. The van der Waals surface area contributed by atoms with Crippen LogP contribution in [0.4, 0.5) is 8.78 Å². The van der Waals surface area contributed by atoms with Crippen LogP contribution in [0.2, 0.25) is 0 Å². The van der Waals surface area contributed by atoms with Crippen LogP contribution in [0.1, 0.15) is 19.2 Å². The van der Waals surface area contributed by atoms with Gasteiger partial charge in [0.05, 0.1) is 0 Å². The Morgan fingerprint density at radius 2 is 2.29 bits per heavy atom. The van der Waals surface area contributed by atoms with Crippen molar-refractivity contribution in [3.63, 3.8) is 0 Å². The first-order valence-corrected chi connectivity index (χ1v) is 5.61. The lowest BCUT2D eigenvalue weighted by atomic mass is 10.1. The molecule has 0 bridgehead atoms. The average molecular weight is 248 g/mol. The van der Waals surface area contributed by atoms with Crippen molar-refractivity contribution >= 4 is 0 Å². The fourth-order valence-electron chi connectivity index (χ4n) is 1.45. The summed E-state index contributed by atoms with van der Waals surface area (Å²) in [5.74, 6) is 0.814. The maximum Gasteiger partial charge on any atom is 0.261 e. The van der Waals surface area contributed by atoms with Crippen LogP contribution in [-0.4, -0.2) is 40.4 Å². The zero-order valence-electron chi connectivity index (χ0n) is 9.85. The van der Waals surface area contributed by atoms with E-state index in [2.05, 4.69) is 10.1 Å². The van der Waals surface area contributed by atoms with Gasteiger partial charge in [-0.05, 0) is 13.3 Å². The largest absolute Gasteiger partial charge is 0.375 e. The molecule has 0 aromatic carbocycles. The van der Waals surface area contributed by atoms with Crippen LogP contribution in [0.3, 0.4) is 0 Å². The molecule has 98 valence electrons. The van der Waals surface area contributed by atoms with Gasteiger partial charge in [0.1, 0.15) is 18.8 Å². The fraction of sp³-hybridized carbons (Fsp3) is 0.800. The highest BCUT2D eigenvalue weighted by Gasteiger charge is 2.10. The molecule has 5 nitrogen and oxygen atoms in total. The van der Waals surface area contributed by atoms with Gasteiger partial charge in [0, 0.05) is 25.6 Å². The second-order valence-corrected chi connectivity index (χ2v) is 3.71. The van der Waals surface area contributed by atoms with E-state index in [4.69, 9.17) is 10.5 Å². The number of hydrogen-bond acceptors (Lipinski definition) is 4. The van der Waals surface area contributed by atoms with Crippen LogP contribution < -0.4 is 5.73 Å². The van der Waals surface area contributed by atoms with E-state index in [-0.39, 0.29) is 12.6 Å². The minimum Gasteiger partial charge on any atom is -0.375 e. The average Bonchev–Trinajstić information content (AvgIpc) is 2.71. The summed E-state index contributed by atoms with van der Waals surface area (Å²) in [6, 6.07) is -0.151. The van der Waals surface area contributed by atoms with Crippen LogP contribution in [0, 0.1) is 0 Å². The molecule has 0 saturated heterocycles. The predicted molar refractivity (Wildman–Crippen MR) is 58.8 cm³/mol. The Kier molecular flexibility index (Phi) is 5.99. The Morgan fingerprint density at radius 1 is 1.53 bits per heavy atom. The number of nitrogens with zero attached hydrogens (tertiary/aromatic N) is 3. The quantitative estimate of drug-likeness (QED) is 0.692. The third kappa shape index (κ3) is 5.18. The SMILES string of the molecule is CCn1ncnc1CC(N)CCOCC(F)F. The van der Waals surface area contributed by atoms with E-state index in [1.54, 1.807) is 4.68 Å². The molecule has 1 aromatic heterocycles. The lowest BCUT2D eigenvalue weighted by Gasteiger charge is -2.11. The Morgan fingerprint density at radius 3 is 2.94 bits per heavy atom. The van der Waals surface area contributed by atoms with Gasteiger partial charge < -0.3 is 10.5 Å². The summed E-state index contributed by atoms with van der Waals surface area (Å²) in [7, 11) is 0. The summed E-state index contributed by atoms with van der Waals surface area (Å²) < 4.78 is 30.1. The molecule has 0 fully saturated rings. The summed E-state index contributed by atoms with van der Waals surface area (Å²) in [5.41, 5.74) is 5.86. The van der Waals surface area contributed by atoms with Gasteiger partial charge >= 0.3 is 0 Å². The number of alkyl halides is 2. The van der Waals surface area contributed by atoms with Gasteiger partial charge in [-0.25, -0.2) is 13.8 Å². The summed E-state index contributed by atoms with van der Waals surface area (Å²) in [5, 5.41) is 4.03. The molecule has 0 aliphatic heterocycles. The van der Waals surface area contributed by atoms with Gasteiger partial charge in [0.2, 0.25) is 0 Å². The van der Waals surface area contributed by atoms with Crippen LogP contribution in [0.15, 0.2) is 6.33 Å². The first-order chi connectivity index (χ1) is 8.13. The second-order valence-electron chi connectivity index (χ2n) is 3.71. The molecule has 0 aliphatic carbocycles. The third-order valence-corrected chi connectivity index (χ3v) is 2.32. The minimum atomic E-state index is -2.42. The smallest absolute Gasteiger partial charge is 0.261 e. The Labute approximate surface area is 99.0 Å². The number of halogens is 2. The van der Waals surface area contributed by atoms with Gasteiger partial charge in [-0.15, -0.1) is 0 Å². The normalized spacial score (nSPS) is 13.2. The van der Waals surface area contributed by atoms with Crippen molar-refractivity contribution in [2.24, 2.45) is 5.73 Å². The number of ether oxygens (including phenoxy) is 1.